The average molecular weight is 168 g/mol. The maximum absolute atomic E-state index is 11.4. The van der Waals surface area contributed by atoms with Gasteiger partial charge in [0, 0.05) is 5.92 Å². The zero-order chi connectivity index (χ0) is 8.77. The molecule has 2 rings (SSSR count). The Morgan fingerprint density at radius 3 is 2.67 bits per heavy atom. The molecule has 0 aromatic carbocycles. The van der Waals surface area contributed by atoms with Gasteiger partial charge in [0.15, 0.2) is 0 Å². The second-order valence-corrected chi connectivity index (χ2v) is 4.56. The summed E-state index contributed by atoms with van der Waals surface area (Å²) in [6, 6.07) is 0. The van der Waals surface area contributed by atoms with E-state index in [0.29, 0.717) is 5.92 Å². The minimum Gasteiger partial charge on any atom is -0.462 e. The van der Waals surface area contributed by atoms with Gasteiger partial charge in [0.05, 0.1) is 5.41 Å². The summed E-state index contributed by atoms with van der Waals surface area (Å²) in [6.07, 6.45) is 4.98. The van der Waals surface area contributed by atoms with Gasteiger partial charge in [0.1, 0.15) is 6.10 Å². The Morgan fingerprint density at radius 1 is 1.33 bits per heavy atom. The Hall–Kier alpha value is -0.530. The van der Waals surface area contributed by atoms with E-state index in [4.69, 9.17) is 4.74 Å². The van der Waals surface area contributed by atoms with Crippen molar-refractivity contribution in [3.8, 4) is 0 Å². The van der Waals surface area contributed by atoms with E-state index < -0.39 is 0 Å². The van der Waals surface area contributed by atoms with E-state index in [2.05, 4.69) is 0 Å². The average Bonchev–Trinajstić information content (AvgIpc) is 2.25. The number of fused-ring (bicyclic) bond motifs is 1. The molecule has 1 aliphatic carbocycles. The highest BCUT2D eigenvalue weighted by Gasteiger charge is 2.51. The molecule has 68 valence electrons. The third kappa shape index (κ3) is 0.970. The van der Waals surface area contributed by atoms with Crippen LogP contribution >= 0.6 is 0 Å². The fraction of sp³-hybridized carbons (Fsp3) is 0.900. The fourth-order valence-corrected chi connectivity index (χ4v) is 2.50. The zero-order valence-electron chi connectivity index (χ0n) is 7.80. The fourth-order valence-electron chi connectivity index (χ4n) is 2.50. The van der Waals surface area contributed by atoms with Crippen molar-refractivity contribution in [1.29, 1.82) is 0 Å². The number of hydrogen-bond donors (Lipinski definition) is 0. The second-order valence-electron chi connectivity index (χ2n) is 4.56. The molecule has 0 bridgehead atoms. The molecular formula is C10H16O2. The number of carbonyl (C=O) groups excluding carboxylic acids is 1. The van der Waals surface area contributed by atoms with Gasteiger partial charge in [-0.15, -0.1) is 0 Å². The van der Waals surface area contributed by atoms with Crippen LogP contribution in [0.2, 0.25) is 0 Å². The van der Waals surface area contributed by atoms with Crippen molar-refractivity contribution in [3.05, 3.63) is 0 Å². The van der Waals surface area contributed by atoms with Crippen molar-refractivity contribution in [2.24, 2.45) is 11.3 Å². The molecule has 0 spiro atoms. The highest BCUT2D eigenvalue weighted by atomic mass is 16.6. The first-order valence-electron chi connectivity index (χ1n) is 4.83. The van der Waals surface area contributed by atoms with Gasteiger partial charge in [-0.1, -0.05) is 6.42 Å². The van der Waals surface area contributed by atoms with Crippen LogP contribution in [-0.4, -0.2) is 12.1 Å². The monoisotopic (exact) mass is 168 g/mol. The van der Waals surface area contributed by atoms with Gasteiger partial charge < -0.3 is 4.74 Å². The van der Waals surface area contributed by atoms with Crippen molar-refractivity contribution in [2.75, 3.05) is 0 Å². The lowest BCUT2D eigenvalue weighted by molar-refractivity contribution is -0.147. The number of rotatable bonds is 0. The molecule has 0 aromatic rings. The summed E-state index contributed by atoms with van der Waals surface area (Å²) in [5.41, 5.74) is -0.217. The molecular weight excluding hydrogens is 152 g/mol. The SMILES string of the molecule is CC1(C)C(=O)O[C@@H]2CCCC[C@@H]21. The Kier molecular flexibility index (Phi) is 1.67. The Balaban J connectivity index is 2.22. The molecule has 2 nitrogen and oxygen atoms in total. The highest BCUT2D eigenvalue weighted by Crippen LogP contribution is 2.46. The summed E-state index contributed by atoms with van der Waals surface area (Å²) in [7, 11) is 0. The predicted octanol–water partition coefficient (Wildman–Crippen LogP) is 2.13. The largest absolute Gasteiger partial charge is 0.462 e. The van der Waals surface area contributed by atoms with Crippen LogP contribution < -0.4 is 0 Å². The maximum Gasteiger partial charge on any atom is 0.312 e. The molecule has 0 N–H and O–H groups in total. The van der Waals surface area contributed by atoms with Gasteiger partial charge in [-0.2, -0.15) is 0 Å². The van der Waals surface area contributed by atoms with Gasteiger partial charge in [-0.25, -0.2) is 0 Å². The van der Waals surface area contributed by atoms with Gasteiger partial charge in [-0.05, 0) is 33.1 Å². The van der Waals surface area contributed by atoms with Crippen LogP contribution in [-0.2, 0) is 9.53 Å². The molecule has 2 atom stereocenters. The van der Waals surface area contributed by atoms with Crippen LogP contribution in [0.1, 0.15) is 39.5 Å². The van der Waals surface area contributed by atoms with Crippen LogP contribution in [0.15, 0.2) is 0 Å². The lowest BCUT2D eigenvalue weighted by Gasteiger charge is -2.28. The molecule has 1 heterocycles. The lowest BCUT2D eigenvalue weighted by Crippen LogP contribution is -2.30. The van der Waals surface area contributed by atoms with Crippen molar-refractivity contribution in [3.63, 3.8) is 0 Å². The smallest absolute Gasteiger partial charge is 0.312 e. The van der Waals surface area contributed by atoms with Gasteiger partial charge in [-0.3, -0.25) is 4.79 Å². The summed E-state index contributed by atoms with van der Waals surface area (Å²) < 4.78 is 5.34. The van der Waals surface area contributed by atoms with Crippen LogP contribution in [0.4, 0.5) is 0 Å². The van der Waals surface area contributed by atoms with Crippen molar-refractivity contribution in [1.82, 2.24) is 0 Å². The van der Waals surface area contributed by atoms with Crippen LogP contribution in [0.5, 0.6) is 0 Å². The van der Waals surface area contributed by atoms with Crippen molar-refractivity contribution >= 4 is 5.97 Å². The third-order valence-electron chi connectivity index (χ3n) is 3.41. The maximum atomic E-state index is 11.4. The summed E-state index contributed by atoms with van der Waals surface area (Å²) in [4.78, 5) is 11.4. The minimum absolute atomic E-state index is 0.0133. The van der Waals surface area contributed by atoms with Gasteiger partial charge >= 0.3 is 5.97 Å². The first-order valence-corrected chi connectivity index (χ1v) is 4.83. The molecule has 12 heavy (non-hydrogen) atoms. The van der Waals surface area contributed by atoms with Gasteiger partial charge in [0.25, 0.3) is 0 Å². The highest BCUT2D eigenvalue weighted by molar-refractivity contribution is 5.78. The molecule has 2 fully saturated rings. The van der Waals surface area contributed by atoms with Crippen molar-refractivity contribution < 1.29 is 9.53 Å². The van der Waals surface area contributed by atoms with Crippen LogP contribution in [0.3, 0.4) is 0 Å². The van der Waals surface area contributed by atoms with E-state index in [-0.39, 0.29) is 17.5 Å². The Bertz CT molecular complexity index is 208. The lowest BCUT2D eigenvalue weighted by atomic mass is 9.72. The molecule has 0 aromatic heterocycles. The number of ether oxygens (including phenoxy) is 1. The quantitative estimate of drug-likeness (QED) is 0.518. The standard InChI is InChI=1S/C10H16O2/c1-10(2)7-5-3-4-6-8(7)12-9(10)11/h7-8H,3-6H2,1-2H3/t7-,8+/m0/s1. The summed E-state index contributed by atoms with van der Waals surface area (Å²) in [5.74, 6) is 0.498. The minimum atomic E-state index is -0.217. The summed E-state index contributed by atoms with van der Waals surface area (Å²) in [6.45, 7) is 4.04. The van der Waals surface area contributed by atoms with Gasteiger partial charge in [0.2, 0.25) is 0 Å². The summed E-state index contributed by atoms with van der Waals surface area (Å²) in [5, 5.41) is 0. The molecule has 0 unspecified atom stereocenters. The predicted molar refractivity (Wildman–Crippen MR) is 45.6 cm³/mol. The normalized spacial score (nSPS) is 39.0. The van der Waals surface area contributed by atoms with Crippen LogP contribution in [0.25, 0.3) is 0 Å². The molecule has 1 aliphatic heterocycles. The zero-order valence-corrected chi connectivity index (χ0v) is 7.80. The van der Waals surface area contributed by atoms with E-state index >= 15 is 0 Å². The van der Waals surface area contributed by atoms with E-state index in [9.17, 15) is 4.79 Å². The van der Waals surface area contributed by atoms with E-state index in [1.165, 1.54) is 19.3 Å². The number of hydrogen-bond acceptors (Lipinski definition) is 2. The first-order chi connectivity index (χ1) is 5.62. The third-order valence-corrected chi connectivity index (χ3v) is 3.41. The molecule has 0 amide bonds. The first kappa shape index (κ1) is 8.09. The Labute approximate surface area is 73.3 Å². The molecule has 1 saturated heterocycles. The molecule has 2 heteroatoms. The van der Waals surface area contributed by atoms with E-state index in [1.54, 1.807) is 0 Å². The topological polar surface area (TPSA) is 26.3 Å². The molecule has 2 aliphatic rings. The van der Waals surface area contributed by atoms with Crippen molar-refractivity contribution in [2.45, 2.75) is 45.6 Å². The van der Waals surface area contributed by atoms with Crippen LogP contribution in [0, 0.1) is 11.3 Å². The Morgan fingerprint density at radius 2 is 2.00 bits per heavy atom. The molecule has 0 radical (unpaired) electrons. The number of carbonyl (C=O) groups is 1. The van der Waals surface area contributed by atoms with E-state index in [1.807, 2.05) is 13.8 Å². The number of esters is 1. The summed E-state index contributed by atoms with van der Waals surface area (Å²) >= 11 is 0. The van der Waals surface area contributed by atoms with E-state index in [0.717, 1.165) is 6.42 Å². The second kappa shape index (κ2) is 2.48. The molecule has 1 saturated carbocycles.